The second-order valence-corrected chi connectivity index (χ2v) is 20.4. The molecule has 58 heavy (non-hydrogen) atoms. The number of aliphatic hydroxyl groups is 1. The maximum absolute atomic E-state index is 12.3. The first-order valence-electron chi connectivity index (χ1n) is 23.0. The van der Waals surface area contributed by atoms with Gasteiger partial charge in [-0.2, -0.15) is 0 Å². The zero-order valence-corrected chi connectivity index (χ0v) is 35.2. The summed E-state index contributed by atoms with van der Waals surface area (Å²) in [5.41, 5.74) is -1.03. The van der Waals surface area contributed by atoms with Crippen LogP contribution in [0.15, 0.2) is 24.3 Å². The monoisotopic (exact) mass is 812 g/mol. The summed E-state index contributed by atoms with van der Waals surface area (Å²) in [6.07, 6.45) is 16.5. The molecule has 22 atom stereocenters. The molecule has 0 radical (unpaired) electrons. The van der Waals surface area contributed by atoms with Crippen LogP contribution in [-0.2, 0) is 52.2 Å². The van der Waals surface area contributed by atoms with Crippen LogP contribution in [0.1, 0.15) is 125 Å². The van der Waals surface area contributed by atoms with Gasteiger partial charge in [-0.3, -0.25) is 4.79 Å². The van der Waals surface area contributed by atoms with Gasteiger partial charge in [-0.05, 0) is 90.4 Å². The number of fused-ring (bicyclic) bond motifs is 9. The maximum atomic E-state index is 12.3. The first kappa shape index (κ1) is 40.6. The van der Waals surface area contributed by atoms with Crippen LogP contribution in [0.4, 0.5) is 0 Å². The molecule has 10 rings (SSSR count). The summed E-state index contributed by atoms with van der Waals surface area (Å²) in [7, 11) is 0. The highest BCUT2D eigenvalue weighted by Gasteiger charge is 2.57. The van der Waals surface area contributed by atoms with E-state index in [2.05, 4.69) is 52.0 Å². The zero-order chi connectivity index (χ0) is 39.9. The lowest BCUT2D eigenvalue weighted by Gasteiger charge is -2.55. The summed E-state index contributed by atoms with van der Waals surface area (Å²) in [5, 5.41) is 10.9. The second-order valence-electron chi connectivity index (χ2n) is 20.4. The van der Waals surface area contributed by atoms with Crippen molar-refractivity contribution in [1.29, 1.82) is 0 Å². The summed E-state index contributed by atoms with van der Waals surface area (Å²) in [5.74, 6) is 0.373. The fraction of sp³-hybridized carbons (Fsp3) is 0.891. The summed E-state index contributed by atoms with van der Waals surface area (Å²) >= 11 is 0. The number of carbonyl (C=O) groups excluding carboxylic acids is 1. The second kappa shape index (κ2) is 16.0. The van der Waals surface area contributed by atoms with Crippen LogP contribution in [0.25, 0.3) is 0 Å². The molecule has 8 saturated heterocycles. The molecule has 0 spiro atoms. The highest BCUT2D eigenvalue weighted by molar-refractivity contribution is 5.72. The molecule has 10 heterocycles. The molecule has 0 amide bonds. The van der Waals surface area contributed by atoms with Crippen LogP contribution >= 0.6 is 0 Å². The van der Waals surface area contributed by atoms with Crippen LogP contribution in [0.3, 0.4) is 0 Å². The molecule has 0 aromatic rings. The number of rotatable bonds is 0. The van der Waals surface area contributed by atoms with Gasteiger partial charge < -0.3 is 52.5 Å². The van der Waals surface area contributed by atoms with Gasteiger partial charge in [0.25, 0.3) is 0 Å². The van der Waals surface area contributed by atoms with Crippen LogP contribution in [0, 0.1) is 11.8 Å². The predicted molar refractivity (Wildman–Crippen MR) is 210 cm³/mol. The summed E-state index contributed by atoms with van der Waals surface area (Å²) in [6.45, 7) is 10.9. The minimum absolute atomic E-state index is 0.0130. The third kappa shape index (κ3) is 7.81. The van der Waals surface area contributed by atoms with E-state index in [4.69, 9.17) is 47.4 Å². The molecule has 8 fully saturated rings. The Morgan fingerprint density at radius 3 is 2.17 bits per heavy atom. The highest BCUT2D eigenvalue weighted by atomic mass is 16.6. The van der Waals surface area contributed by atoms with E-state index in [0.29, 0.717) is 31.6 Å². The number of ether oxygens (including phenoxy) is 10. The SMILES string of the molecule is CC1CC2OC(=O)CC2OC2CC3OC4CC=CCC5OC6CCCC7OC8CC9OC(C)CC(O)C9OC8CC7(C)OC6C=CCC5OC4C(C)CC3OC2(C)C1. The van der Waals surface area contributed by atoms with Gasteiger partial charge in [0.2, 0.25) is 0 Å². The smallest absolute Gasteiger partial charge is 0.308 e. The van der Waals surface area contributed by atoms with Crippen molar-refractivity contribution in [3.05, 3.63) is 24.3 Å². The van der Waals surface area contributed by atoms with E-state index in [1.807, 2.05) is 6.92 Å². The molecule has 0 aromatic carbocycles. The van der Waals surface area contributed by atoms with Crippen molar-refractivity contribution in [3.8, 4) is 0 Å². The van der Waals surface area contributed by atoms with Crippen molar-refractivity contribution in [3.63, 3.8) is 0 Å². The standard InChI is InChI=1S/C46H68O12/c1-24-16-33-36(21-42(48)54-33)53-41-20-35-37(58-45(41,4)22-24)17-25(2)43-32(51-35)11-7-6-10-28-29(55-43)12-8-14-31-30(50-28)13-9-15-40-46(5,57-31)23-39-34(52-40)19-38-44(56-39)27(47)18-26(3)49-38/h6-8,14,24-41,43-44,47H,9-13,15-23H2,1-5H3. The Hall–Kier alpha value is -1.45. The Morgan fingerprint density at radius 1 is 0.586 bits per heavy atom. The van der Waals surface area contributed by atoms with Crippen LogP contribution in [-0.4, -0.2) is 132 Å². The van der Waals surface area contributed by atoms with Crippen molar-refractivity contribution in [2.75, 3.05) is 0 Å². The zero-order valence-electron chi connectivity index (χ0n) is 35.2. The lowest BCUT2D eigenvalue weighted by Crippen LogP contribution is -2.65. The molecule has 10 aliphatic heterocycles. The molecular weight excluding hydrogens is 744 g/mol. The van der Waals surface area contributed by atoms with Crippen LogP contribution < -0.4 is 0 Å². The molecule has 22 unspecified atom stereocenters. The molecule has 0 aliphatic carbocycles. The summed E-state index contributed by atoms with van der Waals surface area (Å²) in [6, 6.07) is 0. The minimum Gasteiger partial charge on any atom is -0.459 e. The van der Waals surface area contributed by atoms with Gasteiger partial charge in [0.05, 0.1) is 103 Å². The average Bonchev–Trinajstić information content (AvgIpc) is 3.46. The van der Waals surface area contributed by atoms with Crippen molar-refractivity contribution in [2.45, 2.75) is 246 Å². The molecule has 0 aromatic heterocycles. The Bertz CT molecular complexity index is 1560. The quantitative estimate of drug-likeness (QED) is 0.234. The van der Waals surface area contributed by atoms with Crippen molar-refractivity contribution < 1.29 is 57.3 Å². The normalized spacial score (nSPS) is 55.7. The van der Waals surface area contributed by atoms with Crippen molar-refractivity contribution in [1.82, 2.24) is 0 Å². The topological polar surface area (TPSA) is 130 Å². The molecule has 0 saturated carbocycles. The van der Waals surface area contributed by atoms with Gasteiger partial charge in [0.1, 0.15) is 24.4 Å². The van der Waals surface area contributed by atoms with Crippen LogP contribution in [0.2, 0.25) is 0 Å². The molecule has 324 valence electrons. The molecule has 12 nitrogen and oxygen atoms in total. The highest BCUT2D eigenvalue weighted by Crippen LogP contribution is 2.48. The van der Waals surface area contributed by atoms with Crippen molar-refractivity contribution >= 4 is 5.97 Å². The van der Waals surface area contributed by atoms with E-state index in [1.165, 1.54) is 0 Å². The maximum Gasteiger partial charge on any atom is 0.308 e. The fourth-order valence-corrected chi connectivity index (χ4v) is 12.8. The Balaban J connectivity index is 0.837. The van der Waals surface area contributed by atoms with Gasteiger partial charge in [-0.25, -0.2) is 0 Å². The van der Waals surface area contributed by atoms with Gasteiger partial charge in [-0.1, -0.05) is 38.2 Å². The van der Waals surface area contributed by atoms with E-state index in [9.17, 15) is 9.90 Å². The third-order valence-electron chi connectivity index (χ3n) is 15.6. The lowest BCUT2D eigenvalue weighted by atomic mass is 9.78. The average molecular weight is 813 g/mol. The van der Waals surface area contributed by atoms with Crippen LogP contribution in [0.5, 0.6) is 0 Å². The van der Waals surface area contributed by atoms with E-state index in [0.717, 1.165) is 64.2 Å². The van der Waals surface area contributed by atoms with E-state index in [1.54, 1.807) is 0 Å². The Labute approximate surface area is 344 Å². The van der Waals surface area contributed by atoms with E-state index >= 15 is 0 Å². The molecule has 12 heteroatoms. The molecule has 10 aliphatic rings. The Kier molecular flexibility index (Phi) is 11.2. The van der Waals surface area contributed by atoms with E-state index < -0.39 is 17.3 Å². The van der Waals surface area contributed by atoms with Gasteiger partial charge >= 0.3 is 5.97 Å². The third-order valence-corrected chi connectivity index (χ3v) is 15.6. The largest absolute Gasteiger partial charge is 0.459 e. The fourth-order valence-electron chi connectivity index (χ4n) is 12.8. The molecule has 1 N–H and O–H groups in total. The van der Waals surface area contributed by atoms with E-state index in [-0.39, 0.29) is 116 Å². The Morgan fingerprint density at radius 2 is 1.31 bits per heavy atom. The molecular formula is C46H68O12. The minimum atomic E-state index is -0.564. The number of esters is 1. The summed E-state index contributed by atoms with van der Waals surface area (Å²) in [4.78, 5) is 12.3. The number of hydrogen-bond acceptors (Lipinski definition) is 12. The van der Waals surface area contributed by atoms with Gasteiger partial charge in [0, 0.05) is 25.7 Å². The first-order valence-corrected chi connectivity index (χ1v) is 23.0. The number of aliphatic hydroxyl groups excluding tert-OH is 1. The first-order chi connectivity index (χ1) is 27.9. The van der Waals surface area contributed by atoms with Gasteiger partial charge in [-0.15, -0.1) is 0 Å². The number of hydrogen-bond donors (Lipinski definition) is 1. The summed E-state index contributed by atoms with van der Waals surface area (Å²) < 4.78 is 67.8. The molecule has 0 bridgehead atoms. The lowest BCUT2D eigenvalue weighted by molar-refractivity contribution is -0.315. The number of carbonyl (C=O) groups is 1. The van der Waals surface area contributed by atoms with Crippen molar-refractivity contribution in [2.24, 2.45) is 11.8 Å². The predicted octanol–water partition coefficient (Wildman–Crippen LogP) is 5.83. The van der Waals surface area contributed by atoms with Gasteiger partial charge in [0.15, 0.2) is 0 Å².